The van der Waals surface area contributed by atoms with Crippen molar-refractivity contribution < 1.29 is 47.5 Å². The Morgan fingerprint density at radius 3 is 2.37 bits per heavy atom. The number of hydrazine groups is 1. The number of ketones is 1. The van der Waals surface area contributed by atoms with Crippen molar-refractivity contribution in [2.75, 3.05) is 13.2 Å². The third-order valence-electron chi connectivity index (χ3n) is 5.78. The predicted octanol–water partition coefficient (Wildman–Crippen LogP) is 3.65. The number of carbonyl (C=O) groups is 3. The molecule has 16 heteroatoms. The number of aromatic nitrogens is 2. The minimum absolute atomic E-state index is 0.00114. The highest BCUT2D eigenvalue weighted by molar-refractivity contribution is 7.46. The second-order valence-corrected chi connectivity index (χ2v) is 11.5. The number of hydrogen-bond acceptors (Lipinski definition) is 9. The number of halogens is 2. The zero-order chi connectivity index (χ0) is 31.9. The number of aliphatic hydroxyl groups is 1. The lowest BCUT2D eigenvalue weighted by molar-refractivity contribution is -0.157. The number of esters is 1. The fourth-order valence-corrected chi connectivity index (χ4v) is 4.12. The number of hydrogen-bond donors (Lipinski definition) is 4. The van der Waals surface area contributed by atoms with E-state index in [-0.39, 0.29) is 23.8 Å². The number of rotatable bonds is 14. The Balaban J connectivity index is 1.90. The van der Waals surface area contributed by atoms with Crippen molar-refractivity contribution in [3.05, 3.63) is 76.6 Å². The maximum Gasteiger partial charge on any atom is 0.471 e. The summed E-state index contributed by atoms with van der Waals surface area (Å²) in [6.45, 7) is 3.03. The van der Waals surface area contributed by atoms with E-state index in [0.29, 0.717) is 14.7 Å². The Kier molecular flexibility index (Phi) is 11.7. The van der Waals surface area contributed by atoms with Crippen LogP contribution in [0.5, 0.6) is 0 Å². The van der Waals surface area contributed by atoms with Gasteiger partial charge in [0.2, 0.25) is 0 Å². The van der Waals surface area contributed by atoms with Gasteiger partial charge in [0.1, 0.15) is 11.4 Å². The van der Waals surface area contributed by atoms with Crippen LogP contribution in [0.1, 0.15) is 53.6 Å². The second-order valence-electron chi connectivity index (χ2n) is 9.82. The molecule has 232 valence electrons. The zero-order valence-corrected chi connectivity index (χ0v) is 25.0. The molecular formula is C27H31ClFN4O9P. The van der Waals surface area contributed by atoms with Gasteiger partial charge in [0.05, 0.1) is 13.2 Å². The summed E-state index contributed by atoms with van der Waals surface area (Å²) >= 11 is 6.06. The molecular weight excluding hydrogens is 610 g/mol. The van der Waals surface area contributed by atoms with Gasteiger partial charge in [0.15, 0.2) is 24.9 Å². The highest BCUT2D eigenvalue weighted by Gasteiger charge is 2.30. The lowest BCUT2D eigenvalue weighted by atomic mass is 10.0. The number of alkyl halides is 1. The highest BCUT2D eigenvalue weighted by atomic mass is 35.5. The van der Waals surface area contributed by atoms with E-state index in [0.717, 1.165) is 24.1 Å². The standard InChI is InChI=1S/C27H31ClFN4O9P/c1-16(2)14-41-27(37)24(35)13-32(25(29)19-9-7-18(8-10-19)20-5-4-6-21(28)11-20)31-26(36)23-12-22(17(3)34)30-33(23)15-42-43(38,39)40/h4-12,16,24-25,35H,13-15H2,1-3H3,(H,31,36)(H2,38,39,40)/t24?,25-/m0/s1. The first-order valence-electron chi connectivity index (χ1n) is 12.9. The van der Waals surface area contributed by atoms with Crippen LogP contribution in [0.3, 0.4) is 0 Å². The fourth-order valence-electron chi connectivity index (χ4n) is 3.67. The topological polar surface area (TPSA) is 181 Å². The third kappa shape index (κ3) is 10.0. The lowest BCUT2D eigenvalue weighted by Crippen LogP contribution is -2.49. The number of benzene rings is 2. The van der Waals surface area contributed by atoms with E-state index < -0.39 is 56.9 Å². The van der Waals surface area contributed by atoms with Gasteiger partial charge in [-0.3, -0.25) is 19.5 Å². The number of phosphoric ester groups is 1. The summed E-state index contributed by atoms with van der Waals surface area (Å²) in [7, 11) is -4.99. The number of nitrogens with one attached hydrogen (secondary N) is 1. The molecule has 1 amide bonds. The quantitative estimate of drug-likeness (QED) is 0.0664. The third-order valence-corrected chi connectivity index (χ3v) is 6.47. The summed E-state index contributed by atoms with van der Waals surface area (Å²) < 4.78 is 37.3. The van der Waals surface area contributed by atoms with Gasteiger partial charge in [-0.25, -0.2) is 18.4 Å². The van der Waals surface area contributed by atoms with Crippen molar-refractivity contribution in [3.8, 4) is 11.1 Å². The summed E-state index contributed by atoms with van der Waals surface area (Å²) in [6.07, 6.45) is -3.99. The van der Waals surface area contributed by atoms with Gasteiger partial charge < -0.3 is 19.6 Å². The number of Topliss-reactive ketones (excluding diaryl/α,β-unsaturated/α-hetero) is 1. The van der Waals surface area contributed by atoms with Crippen LogP contribution in [0.25, 0.3) is 11.1 Å². The lowest BCUT2D eigenvalue weighted by Gasteiger charge is -2.28. The number of nitrogens with zero attached hydrogens (tertiary/aromatic N) is 3. The van der Waals surface area contributed by atoms with Gasteiger partial charge in [0, 0.05) is 23.6 Å². The largest absolute Gasteiger partial charge is 0.471 e. The Bertz CT molecular complexity index is 1500. The SMILES string of the molecule is CC(=O)c1cc(C(=O)NN(CC(O)C(=O)OCC(C)C)[C@H](F)c2ccc(-c3cccc(Cl)c3)cc2)n(COP(=O)(O)O)n1. The van der Waals surface area contributed by atoms with E-state index >= 15 is 4.39 Å². The number of aliphatic hydroxyl groups excluding tert-OH is 1. The number of ether oxygens (including phenoxy) is 1. The summed E-state index contributed by atoms with van der Waals surface area (Å²) in [4.78, 5) is 55.6. The van der Waals surface area contributed by atoms with Crippen LogP contribution in [0.15, 0.2) is 54.6 Å². The summed E-state index contributed by atoms with van der Waals surface area (Å²) in [5.41, 5.74) is 3.10. The van der Waals surface area contributed by atoms with Gasteiger partial charge >= 0.3 is 13.8 Å². The maximum atomic E-state index is 16.0. The molecule has 0 aliphatic carbocycles. The van der Waals surface area contributed by atoms with E-state index in [9.17, 15) is 24.1 Å². The van der Waals surface area contributed by atoms with Crippen LogP contribution < -0.4 is 5.43 Å². The average Bonchev–Trinajstić information content (AvgIpc) is 3.39. The van der Waals surface area contributed by atoms with Crippen LogP contribution in [-0.4, -0.2) is 66.6 Å². The molecule has 0 saturated heterocycles. The monoisotopic (exact) mass is 640 g/mol. The Hall–Kier alpha value is -3.49. The van der Waals surface area contributed by atoms with E-state index in [4.69, 9.17) is 26.1 Å². The first kappa shape index (κ1) is 34.0. The number of amides is 1. The predicted molar refractivity (Wildman–Crippen MR) is 152 cm³/mol. The Labute approximate surface area is 251 Å². The van der Waals surface area contributed by atoms with Gasteiger partial charge in [-0.1, -0.05) is 61.8 Å². The molecule has 1 unspecified atom stereocenters. The zero-order valence-electron chi connectivity index (χ0n) is 23.4. The highest BCUT2D eigenvalue weighted by Crippen LogP contribution is 2.36. The normalized spacial score (nSPS) is 13.2. The molecule has 0 radical (unpaired) electrons. The van der Waals surface area contributed by atoms with Crippen molar-refractivity contribution in [1.82, 2.24) is 20.2 Å². The Morgan fingerprint density at radius 1 is 1.12 bits per heavy atom. The summed E-state index contributed by atoms with van der Waals surface area (Å²) in [5, 5.41) is 15.5. The molecule has 13 nitrogen and oxygen atoms in total. The first-order chi connectivity index (χ1) is 20.1. The number of carbonyl (C=O) groups excluding carboxylic acids is 3. The maximum absolute atomic E-state index is 16.0. The Morgan fingerprint density at radius 2 is 1.79 bits per heavy atom. The van der Waals surface area contributed by atoms with Crippen LogP contribution in [-0.2, 0) is 25.4 Å². The molecule has 0 aliphatic heterocycles. The summed E-state index contributed by atoms with van der Waals surface area (Å²) in [6, 6.07) is 14.1. The fraction of sp³-hybridized carbons (Fsp3) is 0.333. The van der Waals surface area contributed by atoms with Crippen molar-refractivity contribution in [3.63, 3.8) is 0 Å². The molecule has 0 spiro atoms. The molecule has 0 aliphatic rings. The molecule has 43 heavy (non-hydrogen) atoms. The van der Waals surface area contributed by atoms with Crippen LogP contribution >= 0.6 is 19.4 Å². The molecule has 0 bridgehead atoms. The first-order valence-corrected chi connectivity index (χ1v) is 14.8. The van der Waals surface area contributed by atoms with E-state index in [1.54, 1.807) is 44.2 Å². The smallest absolute Gasteiger partial charge is 0.463 e. The second kappa shape index (κ2) is 14.8. The average molecular weight is 641 g/mol. The van der Waals surface area contributed by atoms with Gasteiger partial charge in [0.25, 0.3) is 5.91 Å². The minimum Gasteiger partial charge on any atom is -0.463 e. The van der Waals surface area contributed by atoms with Crippen LogP contribution in [0.2, 0.25) is 5.02 Å². The molecule has 0 saturated carbocycles. The van der Waals surface area contributed by atoms with Gasteiger partial charge in [-0.15, -0.1) is 0 Å². The summed E-state index contributed by atoms with van der Waals surface area (Å²) in [5.74, 6) is -2.75. The number of phosphoric acid groups is 1. The van der Waals surface area contributed by atoms with Gasteiger partial charge in [-0.05, 0) is 29.2 Å². The van der Waals surface area contributed by atoms with Crippen molar-refractivity contribution in [2.24, 2.45) is 5.92 Å². The molecule has 1 heterocycles. The van der Waals surface area contributed by atoms with Crippen molar-refractivity contribution in [1.29, 1.82) is 0 Å². The molecule has 0 fully saturated rings. The van der Waals surface area contributed by atoms with Crippen LogP contribution in [0, 0.1) is 5.92 Å². The molecule has 1 aromatic heterocycles. The molecule has 3 rings (SSSR count). The van der Waals surface area contributed by atoms with Crippen molar-refractivity contribution >= 4 is 37.1 Å². The van der Waals surface area contributed by atoms with E-state index in [1.807, 2.05) is 6.07 Å². The molecule has 2 aromatic carbocycles. The molecule has 3 aromatic rings. The van der Waals surface area contributed by atoms with E-state index in [2.05, 4.69) is 15.0 Å². The molecule has 2 atom stereocenters. The minimum atomic E-state index is -4.99. The van der Waals surface area contributed by atoms with Gasteiger partial charge in [-0.2, -0.15) is 10.1 Å². The van der Waals surface area contributed by atoms with E-state index in [1.165, 1.54) is 12.1 Å². The van der Waals surface area contributed by atoms with Crippen molar-refractivity contribution in [2.45, 2.75) is 39.9 Å². The molecule has 4 N–H and O–H groups in total. The van der Waals surface area contributed by atoms with Crippen LogP contribution in [0.4, 0.5) is 4.39 Å².